The molecule has 2 atom stereocenters. The highest BCUT2D eigenvalue weighted by Gasteiger charge is 2.41. The average molecular weight is 327 g/mol. The highest BCUT2D eigenvalue weighted by atomic mass is 35.5. The van der Waals surface area contributed by atoms with Crippen molar-refractivity contribution in [1.82, 2.24) is 5.32 Å². The summed E-state index contributed by atoms with van der Waals surface area (Å²) in [5.74, 6) is -0.810. The largest absolute Gasteiger partial charge is 0.466 e. The van der Waals surface area contributed by atoms with Crippen molar-refractivity contribution >= 4 is 30.0 Å². The lowest BCUT2D eigenvalue weighted by atomic mass is 9.90. The summed E-state index contributed by atoms with van der Waals surface area (Å²) in [5, 5.41) is 2.86. The topological polar surface area (TPSA) is 58.6 Å². The molecule has 1 amide bonds. The smallest absolute Gasteiger partial charge is 0.311 e. The molecular formula is C16H23ClN2O3. The molecule has 6 heteroatoms. The number of carbonyl (C=O) groups is 2. The van der Waals surface area contributed by atoms with Crippen LogP contribution in [0.3, 0.4) is 0 Å². The first-order valence-electron chi connectivity index (χ1n) is 7.45. The zero-order valence-corrected chi connectivity index (χ0v) is 13.8. The van der Waals surface area contributed by atoms with E-state index in [2.05, 4.69) is 5.32 Å². The number of rotatable bonds is 5. The molecule has 1 aromatic rings. The Kier molecular flexibility index (Phi) is 7.18. The third-order valence-electron chi connectivity index (χ3n) is 3.76. The van der Waals surface area contributed by atoms with Crippen LogP contribution in [-0.4, -0.2) is 37.6 Å². The molecule has 0 aromatic heterocycles. The molecule has 1 fully saturated rings. The minimum atomic E-state index is -0.509. The van der Waals surface area contributed by atoms with E-state index < -0.39 is 12.0 Å². The number of halogens is 1. The molecule has 2 rings (SSSR count). The number of nitrogens with one attached hydrogen (secondary N) is 1. The number of piperidine rings is 1. The average Bonchev–Trinajstić information content (AvgIpc) is 2.51. The van der Waals surface area contributed by atoms with Gasteiger partial charge in [-0.25, -0.2) is 0 Å². The van der Waals surface area contributed by atoms with Gasteiger partial charge in [-0.1, -0.05) is 18.2 Å². The van der Waals surface area contributed by atoms with Crippen molar-refractivity contribution in [3.8, 4) is 0 Å². The predicted octanol–water partition coefficient (Wildman–Crippen LogP) is 2.00. The molecule has 1 N–H and O–H groups in total. The highest BCUT2D eigenvalue weighted by Crippen LogP contribution is 2.26. The maximum absolute atomic E-state index is 12.3. The molecule has 1 aliphatic heterocycles. The van der Waals surface area contributed by atoms with Gasteiger partial charge >= 0.3 is 5.97 Å². The maximum Gasteiger partial charge on any atom is 0.311 e. The highest BCUT2D eigenvalue weighted by molar-refractivity contribution is 5.92. The molecule has 0 spiro atoms. The number of amides is 1. The molecule has 1 heterocycles. The molecule has 1 aliphatic rings. The molecule has 0 saturated carbocycles. The summed E-state index contributed by atoms with van der Waals surface area (Å²) in [6, 6.07) is 9.18. The molecule has 1 aromatic carbocycles. The lowest BCUT2D eigenvalue weighted by Crippen LogP contribution is -2.57. The molecule has 22 heavy (non-hydrogen) atoms. The van der Waals surface area contributed by atoms with E-state index in [-0.39, 0.29) is 24.3 Å². The number of anilines is 1. The van der Waals surface area contributed by atoms with Crippen LogP contribution >= 0.6 is 12.4 Å². The van der Waals surface area contributed by atoms with Gasteiger partial charge in [0.2, 0.25) is 5.91 Å². The van der Waals surface area contributed by atoms with Crippen LogP contribution in [-0.2, 0) is 14.3 Å². The first-order chi connectivity index (χ1) is 10.2. The van der Waals surface area contributed by atoms with Crippen molar-refractivity contribution in [2.24, 2.45) is 5.92 Å². The lowest BCUT2D eigenvalue weighted by molar-refractivity contribution is -0.152. The second kappa shape index (κ2) is 8.63. The minimum Gasteiger partial charge on any atom is -0.466 e. The van der Waals surface area contributed by atoms with E-state index in [1.165, 1.54) is 0 Å². The van der Waals surface area contributed by atoms with Gasteiger partial charge in [0.25, 0.3) is 0 Å². The van der Waals surface area contributed by atoms with E-state index >= 15 is 0 Å². The van der Waals surface area contributed by atoms with E-state index in [0.717, 1.165) is 5.69 Å². The summed E-state index contributed by atoms with van der Waals surface area (Å²) in [4.78, 5) is 26.5. The monoisotopic (exact) mass is 326 g/mol. The summed E-state index contributed by atoms with van der Waals surface area (Å²) in [5.41, 5.74) is 0.941. The SMILES string of the molecule is CCOC(=O)C1CCNC(=O)C1N(CC)c1ccccc1.Cl. The Hall–Kier alpha value is -1.75. The Bertz CT molecular complexity index is 495. The summed E-state index contributed by atoms with van der Waals surface area (Å²) in [6.07, 6.45) is 0.610. The van der Waals surface area contributed by atoms with Gasteiger partial charge in [0.1, 0.15) is 6.04 Å². The van der Waals surface area contributed by atoms with Crippen LogP contribution in [0.1, 0.15) is 20.3 Å². The molecule has 0 radical (unpaired) electrons. The van der Waals surface area contributed by atoms with Crippen LogP contribution in [0.4, 0.5) is 5.69 Å². The van der Waals surface area contributed by atoms with Crippen molar-refractivity contribution in [3.05, 3.63) is 30.3 Å². The van der Waals surface area contributed by atoms with Gasteiger partial charge in [-0.2, -0.15) is 0 Å². The van der Waals surface area contributed by atoms with Gasteiger partial charge < -0.3 is 15.0 Å². The zero-order valence-electron chi connectivity index (χ0n) is 13.0. The van der Waals surface area contributed by atoms with Crippen molar-refractivity contribution < 1.29 is 14.3 Å². The van der Waals surface area contributed by atoms with Gasteiger partial charge in [0, 0.05) is 18.8 Å². The first kappa shape index (κ1) is 18.3. The summed E-state index contributed by atoms with van der Waals surface area (Å²) in [7, 11) is 0. The molecule has 0 aliphatic carbocycles. The summed E-state index contributed by atoms with van der Waals surface area (Å²) < 4.78 is 5.14. The number of para-hydroxylation sites is 1. The standard InChI is InChI=1S/C16H22N2O3.ClH/c1-3-18(12-8-6-5-7-9-12)14-13(16(20)21-4-2)10-11-17-15(14)19;/h5-9,13-14H,3-4,10-11H2,1-2H3,(H,17,19);1H. The first-order valence-corrected chi connectivity index (χ1v) is 7.45. The van der Waals surface area contributed by atoms with Gasteiger partial charge in [0.05, 0.1) is 12.5 Å². The Morgan fingerprint density at radius 1 is 1.32 bits per heavy atom. The van der Waals surface area contributed by atoms with Gasteiger partial charge in [-0.05, 0) is 32.4 Å². The van der Waals surface area contributed by atoms with E-state index in [1.54, 1.807) is 6.92 Å². The van der Waals surface area contributed by atoms with E-state index in [4.69, 9.17) is 4.74 Å². The fraction of sp³-hybridized carbons (Fsp3) is 0.500. The number of benzene rings is 1. The second-order valence-electron chi connectivity index (χ2n) is 5.00. The van der Waals surface area contributed by atoms with E-state index in [0.29, 0.717) is 26.1 Å². The molecule has 2 unspecified atom stereocenters. The number of hydrogen-bond acceptors (Lipinski definition) is 4. The van der Waals surface area contributed by atoms with Crippen LogP contribution in [0.2, 0.25) is 0 Å². The number of esters is 1. The predicted molar refractivity (Wildman–Crippen MR) is 88.2 cm³/mol. The maximum atomic E-state index is 12.3. The second-order valence-corrected chi connectivity index (χ2v) is 5.00. The van der Waals surface area contributed by atoms with Crippen molar-refractivity contribution in [1.29, 1.82) is 0 Å². The minimum absolute atomic E-state index is 0. The quantitative estimate of drug-likeness (QED) is 0.841. The molecule has 1 saturated heterocycles. The molecule has 0 bridgehead atoms. The summed E-state index contributed by atoms with van der Waals surface area (Å²) in [6.45, 7) is 5.27. The van der Waals surface area contributed by atoms with E-state index in [1.807, 2.05) is 42.2 Å². The number of hydrogen-bond donors (Lipinski definition) is 1. The van der Waals surface area contributed by atoms with Crippen LogP contribution in [0, 0.1) is 5.92 Å². The van der Waals surface area contributed by atoms with Crippen LogP contribution in [0.5, 0.6) is 0 Å². The van der Waals surface area contributed by atoms with Gasteiger partial charge in [0.15, 0.2) is 0 Å². The molecule has 5 nitrogen and oxygen atoms in total. The number of likely N-dealkylation sites (N-methyl/N-ethyl adjacent to an activating group) is 1. The third kappa shape index (κ3) is 3.91. The zero-order chi connectivity index (χ0) is 15.2. The number of ether oxygens (including phenoxy) is 1. The van der Waals surface area contributed by atoms with E-state index in [9.17, 15) is 9.59 Å². The van der Waals surface area contributed by atoms with Crippen molar-refractivity contribution in [2.45, 2.75) is 26.3 Å². The van der Waals surface area contributed by atoms with Crippen LogP contribution < -0.4 is 10.2 Å². The lowest BCUT2D eigenvalue weighted by Gasteiger charge is -2.38. The van der Waals surface area contributed by atoms with Crippen LogP contribution in [0.15, 0.2) is 30.3 Å². The number of nitrogens with zero attached hydrogens (tertiary/aromatic N) is 1. The fourth-order valence-electron chi connectivity index (χ4n) is 2.81. The molecular weight excluding hydrogens is 304 g/mol. The van der Waals surface area contributed by atoms with Crippen molar-refractivity contribution in [3.63, 3.8) is 0 Å². The summed E-state index contributed by atoms with van der Waals surface area (Å²) >= 11 is 0. The Balaban J connectivity index is 0.00000242. The normalized spacial score (nSPS) is 20.5. The Morgan fingerprint density at radius 2 is 2.00 bits per heavy atom. The number of carbonyl (C=O) groups excluding carboxylic acids is 2. The third-order valence-corrected chi connectivity index (χ3v) is 3.76. The molecule has 122 valence electrons. The van der Waals surface area contributed by atoms with Gasteiger partial charge in [-0.15, -0.1) is 12.4 Å². The Labute approximate surface area is 137 Å². The van der Waals surface area contributed by atoms with Gasteiger partial charge in [-0.3, -0.25) is 9.59 Å². The van der Waals surface area contributed by atoms with Crippen LogP contribution in [0.25, 0.3) is 0 Å². The fourth-order valence-corrected chi connectivity index (χ4v) is 2.81. The van der Waals surface area contributed by atoms with Crippen molar-refractivity contribution in [2.75, 3.05) is 24.6 Å². The Morgan fingerprint density at radius 3 is 2.59 bits per heavy atom.